The van der Waals surface area contributed by atoms with Crippen LogP contribution in [0.3, 0.4) is 0 Å². The minimum Gasteiger partial charge on any atom is -0.341 e. The van der Waals surface area contributed by atoms with E-state index < -0.39 is 12.0 Å². The molecule has 1 fully saturated rings. The zero-order valence-electron chi connectivity index (χ0n) is 18.0. The highest BCUT2D eigenvalue weighted by atomic mass is 16.6. The van der Waals surface area contributed by atoms with Crippen LogP contribution in [-0.4, -0.2) is 55.3 Å². The minimum atomic E-state index is -0.566. The number of amides is 3. The van der Waals surface area contributed by atoms with Crippen molar-refractivity contribution in [1.29, 1.82) is 0 Å². The van der Waals surface area contributed by atoms with Gasteiger partial charge in [-0.3, -0.25) is 14.4 Å². The number of piperazine rings is 1. The number of benzene rings is 1. The molecule has 1 heterocycles. The molecule has 0 radical (unpaired) electrons. The number of carbonyl (C=O) groups is 3. The van der Waals surface area contributed by atoms with E-state index in [1.54, 1.807) is 11.9 Å². The zero-order chi connectivity index (χ0) is 21.8. The summed E-state index contributed by atoms with van der Waals surface area (Å²) >= 11 is 0. The molecular formula is C22H34N4O4. The molecule has 166 valence electrons. The number of urea groups is 1. The predicted molar refractivity (Wildman–Crippen MR) is 114 cm³/mol. The third-order valence-electron chi connectivity index (χ3n) is 5.30. The molecule has 0 bridgehead atoms. The molecule has 0 aromatic heterocycles. The van der Waals surface area contributed by atoms with Crippen molar-refractivity contribution in [1.82, 2.24) is 21.0 Å². The summed E-state index contributed by atoms with van der Waals surface area (Å²) in [5.41, 5.74) is 3.40. The van der Waals surface area contributed by atoms with Crippen molar-refractivity contribution in [2.24, 2.45) is 5.92 Å². The number of hydrogen-bond donors (Lipinski definition) is 3. The van der Waals surface area contributed by atoms with Crippen molar-refractivity contribution in [2.75, 3.05) is 26.7 Å². The molecule has 30 heavy (non-hydrogen) atoms. The summed E-state index contributed by atoms with van der Waals surface area (Å²) in [5, 5.41) is 5.79. The third kappa shape index (κ3) is 7.42. The van der Waals surface area contributed by atoms with Gasteiger partial charge < -0.3 is 15.5 Å². The third-order valence-corrected chi connectivity index (χ3v) is 5.30. The highest BCUT2D eigenvalue weighted by Crippen LogP contribution is 2.20. The smallest absolute Gasteiger partial charge is 0.317 e. The fourth-order valence-electron chi connectivity index (χ4n) is 3.64. The summed E-state index contributed by atoms with van der Waals surface area (Å²) in [7, 11) is 1.56. The second-order valence-electron chi connectivity index (χ2n) is 7.57. The molecule has 0 unspecified atom stereocenters. The highest BCUT2D eigenvalue weighted by Gasteiger charge is 2.36. The van der Waals surface area contributed by atoms with Crippen LogP contribution in [0.5, 0.6) is 0 Å². The van der Waals surface area contributed by atoms with Gasteiger partial charge in [0.15, 0.2) is 5.78 Å². The van der Waals surface area contributed by atoms with Crippen molar-refractivity contribution in [3.05, 3.63) is 35.9 Å². The second-order valence-corrected chi connectivity index (χ2v) is 7.57. The lowest BCUT2D eigenvalue weighted by Crippen LogP contribution is -2.60. The largest absolute Gasteiger partial charge is 0.341 e. The number of unbranched alkanes of at least 4 members (excludes halogenated alkanes) is 2. The van der Waals surface area contributed by atoms with E-state index in [0.29, 0.717) is 26.1 Å². The summed E-state index contributed by atoms with van der Waals surface area (Å²) in [5.74, 6) is -0.843. The molecule has 0 spiro atoms. The minimum absolute atomic E-state index is 0.0510. The number of nitrogens with zero attached hydrogens (tertiary/aromatic N) is 1. The van der Waals surface area contributed by atoms with Crippen molar-refractivity contribution in [3.8, 4) is 0 Å². The average molecular weight is 419 g/mol. The van der Waals surface area contributed by atoms with Gasteiger partial charge in [0.1, 0.15) is 6.04 Å². The summed E-state index contributed by atoms with van der Waals surface area (Å²) < 4.78 is 0. The Labute approximate surface area is 178 Å². The Hall–Kier alpha value is -2.45. The van der Waals surface area contributed by atoms with Gasteiger partial charge in [0.25, 0.3) is 0 Å². The van der Waals surface area contributed by atoms with Crippen LogP contribution in [0.15, 0.2) is 30.3 Å². The normalized spacial score (nSPS) is 17.3. The molecule has 1 aromatic carbocycles. The summed E-state index contributed by atoms with van der Waals surface area (Å²) in [4.78, 5) is 44.8. The van der Waals surface area contributed by atoms with Crippen LogP contribution in [0.4, 0.5) is 4.79 Å². The van der Waals surface area contributed by atoms with Crippen LogP contribution in [0, 0.1) is 5.92 Å². The van der Waals surface area contributed by atoms with E-state index in [-0.39, 0.29) is 30.7 Å². The molecular weight excluding hydrogens is 384 g/mol. The van der Waals surface area contributed by atoms with Crippen LogP contribution in [0.25, 0.3) is 0 Å². The molecule has 2 atom stereocenters. The lowest BCUT2D eigenvalue weighted by molar-refractivity contribution is -0.139. The highest BCUT2D eigenvalue weighted by molar-refractivity contribution is 5.93. The molecule has 1 saturated heterocycles. The number of Topliss-reactive ketones (excluding diaryl/α,β-unsaturated/α-hetero) is 1. The lowest BCUT2D eigenvalue weighted by Gasteiger charge is -2.36. The lowest BCUT2D eigenvalue weighted by atomic mass is 9.88. The summed E-state index contributed by atoms with van der Waals surface area (Å²) in [6.45, 7) is 3.87. The van der Waals surface area contributed by atoms with E-state index in [9.17, 15) is 14.4 Å². The maximum atomic E-state index is 13.3. The Balaban J connectivity index is 1.96. The first-order valence-electron chi connectivity index (χ1n) is 10.7. The van der Waals surface area contributed by atoms with Crippen molar-refractivity contribution >= 4 is 17.7 Å². The summed E-state index contributed by atoms with van der Waals surface area (Å²) in [6, 6.07) is 8.70. The molecule has 1 aliphatic heterocycles. The maximum absolute atomic E-state index is 13.3. The Kier molecular flexibility index (Phi) is 10.3. The predicted octanol–water partition coefficient (Wildman–Crippen LogP) is 2.00. The number of rotatable bonds is 11. The van der Waals surface area contributed by atoms with E-state index >= 15 is 0 Å². The van der Waals surface area contributed by atoms with Gasteiger partial charge >= 0.3 is 6.03 Å². The molecule has 1 aromatic rings. The van der Waals surface area contributed by atoms with Gasteiger partial charge in [-0.15, -0.1) is 0 Å². The van der Waals surface area contributed by atoms with E-state index in [1.807, 2.05) is 30.3 Å². The van der Waals surface area contributed by atoms with E-state index in [2.05, 4.69) is 23.0 Å². The zero-order valence-corrected chi connectivity index (χ0v) is 18.0. The number of hydrogen-bond acceptors (Lipinski definition) is 5. The van der Waals surface area contributed by atoms with Gasteiger partial charge in [-0.1, -0.05) is 56.5 Å². The Morgan fingerprint density at radius 2 is 2.00 bits per heavy atom. The average Bonchev–Trinajstić information content (AvgIpc) is 2.78. The van der Waals surface area contributed by atoms with Crippen LogP contribution >= 0.6 is 0 Å². The van der Waals surface area contributed by atoms with E-state index in [4.69, 9.17) is 4.84 Å². The van der Waals surface area contributed by atoms with Gasteiger partial charge in [0, 0.05) is 39.0 Å². The van der Waals surface area contributed by atoms with Crippen LogP contribution in [0.2, 0.25) is 0 Å². The van der Waals surface area contributed by atoms with E-state index in [0.717, 1.165) is 24.8 Å². The first kappa shape index (κ1) is 23.8. The maximum Gasteiger partial charge on any atom is 0.317 e. The Morgan fingerprint density at radius 1 is 1.23 bits per heavy atom. The topological polar surface area (TPSA) is 99.8 Å². The number of carbonyl (C=O) groups excluding carboxylic acids is 3. The molecule has 0 saturated carbocycles. The number of nitrogens with one attached hydrogen (secondary N) is 3. The van der Waals surface area contributed by atoms with Gasteiger partial charge in [-0.25, -0.2) is 10.3 Å². The number of ketones is 1. The number of hydroxylamine groups is 1. The fraction of sp³-hybridized carbons (Fsp3) is 0.591. The van der Waals surface area contributed by atoms with Crippen LogP contribution in [0.1, 0.15) is 44.6 Å². The molecule has 8 heteroatoms. The van der Waals surface area contributed by atoms with Gasteiger partial charge in [0.2, 0.25) is 5.91 Å². The van der Waals surface area contributed by atoms with Gasteiger partial charge in [-0.05, 0) is 12.0 Å². The van der Waals surface area contributed by atoms with Gasteiger partial charge in [0.05, 0.1) is 6.61 Å². The molecule has 3 amide bonds. The van der Waals surface area contributed by atoms with Crippen molar-refractivity contribution < 1.29 is 19.2 Å². The van der Waals surface area contributed by atoms with E-state index in [1.165, 1.54) is 0 Å². The molecule has 3 N–H and O–H groups in total. The standard InChI is InChI=1S/C22H34N4O4/c1-3-4-6-11-18(14-20(27)25-30-16-17-9-7-5-8-10-17)21(28)19-15-24-12-13-26(19)22(29)23-2/h5,7-10,18-19,24H,3-4,6,11-16H2,1-2H3,(H,23,29)(H,25,27)/t18-,19+/m1/s1. The first-order valence-corrected chi connectivity index (χ1v) is 10.7. The first-order chi connectivity index (χ1) is 14.6. The van der Waals surface area contributed by atoms with Crippen molar-refractivity contribution in [3.63, 3.8) is 0 Å². The molecule has 0 aliphatic carbocycles. The van der Waals surface area contributed by atoms with Crippen LogP contribution < -0.4 is 16.1 Å². The Bertz CT molecular complexity index is 683. The fourth-order valence-corrected chi connectivity index (χ4v) is 3.64. The summed E-state index contributed by atoms with van der Waals surface area (Å²) in [6.07, 6.45) is 3.57. The molecule has 2 rings (SSSR count). The van der Waals surface area contributed by atoms with Crippen LogP contribution in [-0.2, 0) is 21.0 Å². The monoisotopic (exact) mass is 418 g/mol. The van der Waals surface area contributed by atoms with Crippen molar-refractivity contribution in [2.45, 2.75) is 51.7 Å². The molecule has 8 nitrogen and oxygen atoms in total. The molecule has 1 aliphatic rings. The quantitative estimate of drug-likeness (QED) is 0.377. The second kappa shape index (κ2) is 13.0. The Morgan fingerprint density at radius 3 is 2.70 bits per heavy atom. The SMILES string of the molecule is CCCCC[C@H](CC(=O)NOCc1ccccc1)C(=O)[C@@H]1CNCCN1C(=O)NC. The van der Waals surface area contributed by atoms with Gasteiger partial charge in [-0.2, -0.15) is 0 Å².